The van der Waals surface area contributed by atoms with E-state index in [0.29, 0.717) is 30.4 Å². The average Bonchev–Trinajstić information content (AvgIpc) is 3.10. The molecule has 1 unspecified atom stereocenters. The molecule has 1 fully saturated rings. The van der Waals surface area contributed by atoms with Gasteiger partial charge in [0.05, 0.1) is 11.7 Å². The van der Waals surface area contributed by atoms with Gasteiger partial charge in [-0.25, -0.2) is 4.98 Å². The maximum Gasteiger partial charge on any atom is 0.292 e. The standard InChI is InChI=1S/C20H20N4O2/c1-14-18(26-19(23-14)15-6-3-2-4-7-15)20(25)24-11-10-22-13-17(24)16-8-5-9-21-12-16/h2-9,12,17,22H,10-11,13H2,1H3. The highest BCUT2D eigenvalue weighted by molar-refractivity contribution is 5.93. The SMILES string of the molecule is Cc1nc(-c2ccccc2)oc1C(=O)N1CCNCC1c1cccnc1. The van der Waals surface area contributed by atoms with Gasteiger partial charge in [-0.05, 0) is 30.7 Å². The molecule has 1 amide bonds. The van der Waals surface area contributed by atoms with Crippen LogP contribution in [-0.4, -0.2) is 40.4 Å². The number of amides is 1. The van der Waals surface area contributed by atoms with Gasteiger partial charge in [-0.3, -0.25) is 9.78 Å². The van der Waals surface area contributed by atoms with Gasteiger partial charge >= 0.3 is 0 Å². The summed E-state index contributed by atoms with van der Waals surface area (Å²) in [6.07, 6.45) is 3.54. The molecule has 1 aromatic carbocycles. The summed E-state index contributed by atoms with van der Waals surface area (Å²) < 4.78 is 5.86. The summed E-state index contributed by atoms with van der Waals surface area (Å²) in [5.41, 5.74) is 2.48. The minimum Gasteiger partial charge on any atom is -0.431 e. The molecule has 6 heteroatoms. The second-order valence-corrected chi connectivity index (χ2v) is 6.30. The monoisotopic (exact) mass is 348 g/mol. The molecule has 1 aliphatic heterocycles. The molecule has 3 aromatic rings. The fraction of sp³-hybridized carbons (Fsp3) is 0.250. The molecule has 2 aromatic heterocycles. The van der Waals surface area contributed by atoms with Crippen molar-refractivity contribution in [2.45, 2.75) is 13.0 Å². The van der Waals surface area contributed by atoms with Crippen molar-refractivity contribution in [1.29, 1.82) is 0 Å². The van der Waals surface area contributed by atoms with Crippen molar-refractivity contribution in [3.8, 4) is 11.5 Å². The maximum absolute atomic E-state index is 13.2. The van der Waals surface area contributed by atoms with Gasteiger partial charge in [-0.2, -0.15) is 0 Å². The highest BCUT2D eigenvalue weighted by Gasteiger charge is 2.32. The minimum absolute atomic E-state index is 0.0744. The van der Waals surface area contributed by atoms with Crippen LogP contribution in [0.2, 0.25) is 0 Å². The third kappa shape index (κ3) is 3.11. The fourth-order valence-corrected chi connectivity index (χ4v) is 3.25. The lowest BCUT2D eigenvalue weighted by molar-refractivity contribution is 0.0601. The van der Waals surface area contributed by atoms with E-state index in [1.165, 1.54) is 0 Å². The number of carbonyl (C=O) groups excluding carboxylic acids is 1. The molecular formula is C20H20N4O2. The zero-order valence-corrected chi connectivity index (χ0v) is 14.6. The van der Waals surface area contributed by atoms with Gasteiger partial charge in [0, 0.05) is 37.6 Å². The lowest BCUT2D eigenvalue weighted by Crippen LogP contribution is -2.48. The van der Waals surface area contributed by atoms with E-state index in [4.69, 9.17) is 4.42 Å². The third-order valence-corrected chi connectivity index (χ3v) is 4.59. The minimum atomic E-state index is -0.132. The molecule has 0 bridgehead atoms. The van der Waals surface area contributed by atoms with Gasteiger partial charge in [0.25, 0.3) is 5.91 Å². The highest BCUT2D eigenvalue weighted by atomic mass is 16.4. The summed E-state index contributed by atoms with van der Waals surface area (Å²) in [6, 6.07) is 13.4. The van der Waals surface area contributed by atoms with E-state index in [9.17, 15) is 4.79 Å². The van der Waals surface area contributed by atoms with Crippen LogP contribution in [0.3, 0.4) is 0 Å². The number of benzene rings is 1. The number of piperazine rings is 1. The van der Waals surface area contributed by atoms with Crippen molar-refractivity contribution in [1.82, 2.24) is 20.2 Å². The number of hydrogen-bond acceptors (Lipinski definition) is 5. The molecular weight excluding hydrogens is 328 g/mol. The van der Waals surface area contributed by atoms with E-state index in [2.05, 4.69) is 15.3 Å². The second kappa shape index (κ2) is 7.09. The van der Waals surface area contributed by atoms with Crippen LogP contribution < -0.4 is 5.32 Å². The molecule has 1 N–H and O–H groups in total. The summed E-state index contributed by atoms with van der Waals surface area (Å²) in [4.78, 5) is 23.7. The Morgan fingerprint density at radius 2 is 2.08 bits per heavy atom. The lowest BCUT2D eigenvalue weighted by atomic mass is 10.0. The molecule has 4 rings (SSSR count). The molecule has 26 heavy (non-hydrogen) atoms. The van der Waals surface area contributed by atoms with Gasteiger partial charge in [0.1, 0.15) is 0 Å². The van der Waals surface area contributed by atoms with E-state index in [1.807, 2.05) is 54.3 Å². The number of rotatable bonds is 3. The Balaban J connectivity index is 1.65. The molecule has 1 atom stereocenters. The predicted octanol–water partition coefficient (Wildman–Crippen LogP) is 2.83. The summed E-state index contributed by atoms with van der Waals surface area (Å²) in [7, 11) is 0. The van der Waals surface area contributed by atoms with Crippen molar-refractivity contribution >= 4 is 5.91 Å². The molecule has 0 spiro atoms. The van der Waals surface area contributed by atoms with Crippen molar-refractivity contribution in [3.63, 3.8) is 0 Å². The fourth-order valence-electron chi connectivity index (χ4n) is 3.25. The summed E-state index contributed by atoms with van der Waals surface area (Å²) in [5, 5.41) is 3.35. The van der Waals surface area contributed by atoms with Gasteiger partial charge in [0.15, 0.2) is 0 Å². The number of nitrogens with one attached hydrogen (secondary N) is 1. The number of nitrogens with zero attached hydrogens (tertiary/aromatic N) is 3. The Hall–Kier alpha value is -2.99. The van der Waals surface area contributed by atoms with Gasteiger partial charge < -0.3 is 14.6 Å². The molecule has 0 radical (unpaired) electrons. The number of aromatic nitrogens is 2. The average molecular weight is 348 g/mol. The summed E-state index contributed by atoms with van der Waals surface area (Å²) in [5.74, 6) is 0.645. The topological polar surface area (TPSA) is 71.3 Å². The lowest BCUT2D eigenvalue weighted by Gasteiger charge is -2.35. The normalized spacial score (nSPS) is 17.3. The van der Waals surface area contributed by atoms with Crippen LogP contribution >= 0.6 is 0 Å². The molecule has 1 aliphatic rings. The summed E-state index contributed by atoms with van der Waals surface area (Å²) in [6.45, 7) is 3.86. The zero-order chi connectivity index (χ0) is 17.9. The van der Waals surface area contributed by atoms with Crippen LogP contribution in [0.25, 0.3) is 11.5 Å². The van der Waals surface area contributed by atoms with Crippen LogP contribution in [0.5, 0.6) is 0 Å². The first kappa shape index (κ1) is 16.5. The quantitative estimate of drug-likeness (QED) is 0.788. The zero-order valence-electron chi connectivity index (χ0n) is 14.6. The van der Waals surface area contributed by atoms with Crippen molar-refractivity contribution in [2.24, 2.45) is 0 Å². The Morgan fingerprint density at radius 1 is 1.23 bits per heavy atom. The Bertz CT molecular complexity index is 893. The first-order chi connectivity index (χ1) is 12.7. The van der Waals surface area contributed by atoms with Crippen LogP contribution in [0.1, 0.15) is 27.9 Å². The van der Waals surface area contributed by atoms with Crippen molar-refractivity contribution in [3.05, 3.63) is 71.9 Å². The van der Waals surface area contributed by atoms with E-state index < -0.39 is 0 Å². The van der Waals surface area contributed by atoms with Crippen LogP contribution in [0.15, 0.2) is 59.3 Å². The molecule has 6 nitrogen and oxygen atoms in total. The summed E-state index contributed by atoms with van der Waals surface area (Å²) >= 11 is 0. The Labute approximate surface area is 151 Å². The van der Waals surface area contributed by atoms with E-state index in [0.717, 1.165) is 17.7 Å². The van der Waals surface area contributed by atoms with Crippen molar-refractivity contribution < 1.29 is 9.21 Å². The Kier molecular flexibility index (Phi) is 4.50. The van der Waals surface area contributed by atoms with Crippen LogP contribution in [0, 0.1) is 6.92 Å². The number of pyridine rings is 1. The van der Waals surface area contributed by atoms with Gasteiger partial charge in [-0.1, -0.05) is 24.3 Å². The largest absolute Gasteiger partial charge is 0.431 e. The maximum atomic E-state index is 13.2. The van der Waals surface area contributed by atoms with Gasteiger partial charge in [0.2, 0.25) is 11.7 Å². The number of hydrogen-bond donors (Lipinski definition) is 1. The predicted molar refractivity (Wildman–Crippen MR) is 97.6 cm³/mol. The molecule has 0 aliphatic carbocycles. The first-order valence-electron chi connectivity index (χ1n) is 8.68. The third-order valence-electron chi connectivity index (χ3n) is 4.59. The van der Waals surface area contributed by atoms with Crippen LogP contribution in [0.4, 0.5) is 0 Å². The van der Waals surface area contributed by atoms with E-state index in [1.54, 1.807) is 12.4 Å². The second-order valence-electron chi connectivity index (χ2n) is 6.30. The molecule has 1 saturated heterocycles. The van der Waals surface area contributed by atoms with Crippen LogP contribution in [-0.2, 0) is 0 Å². The van der Waals surface area contributed by atoms with E-state index in [-0.39, 0.29) is 11.9 Å². The highest BCUT2D eigenvalue weighted by Crippen LogP contribution is 2.27. The molecule has 3 heterocycles. The smallest absolute Gasteiger partial charge is 0.292 e. The number of oxazole rings is 1. The number of carbonyl (C=O) groups is 1. The molecule has 0 saturated carbocycles. The van der Waals surface area contributed by atoms with E-state index >= 15 is 0 Å². The Morgan fingerprint density at radius 3 is 2.85 bits per heavy atom. The number of aryl methyl sites for hydroxylation is 1. The molecule has 132 valence electrons. The first-order valence-corrected chi connectivity index (χ1v) is 8.68. The van der Waals surface area contributed by atoms with Crippen molar-refractivity contribution in [2.75, 3.05) is 19.6 Å². The van der Waals surface area contributed by atoms with Gasteiger partial charge in [-0.15, -0.1) is 0 Å².